The fraction of sp³-hybridized carbons (Fsp3) is 0.500. The van der Waals surface area contributed by atoms with Crippen molar-refractivity contribution in [1.29, 1.82) is 0 Å². The molecule has 0 saturated heterocycles. The number of amides is 2. The van der Waals surface area contributed by atoms with Crippen LogP contribution in [0.2, 0.25) is 0 Å². The van der Waals surface area contributed by atoms with E-state index in [2.05, 4.69) is 27.7 Å². The molecule has 5 heteroatoms. The van der Waals surface area contributed by atoms with Gasteiger partial charge in [-0.05, 0) is 19.0 Å². The second-order valence-corrected chi connectivity index (χ2v) is 4.48. The minimum atomic E-state index is -0.179. The molecule has 0 aliphatic carbocycles. The van der Waals surface area contributed by atoms with Gasteiger partial charge in [0.1, 0.15) is 0 Å². The first-order chi connectivity index (χ1) is 9.22. The number of nitrogens with one attached hydrogen (secondary N) is 2. The van der Waals surface area contributed by atoms with E-state index in [1.54, 1.807) is 0 Å². The number of carbonyl (C=O) groups is 1. The van der Waals surface area contributed by atoms with Gasteiger partial charge in [-0.25, -0.2) is 4.79 Å². The van der Waals surface area contributed by atoms with Gasteiger partial charge in [0.2, 0.25) is 0 Å². The van der Waals surface area contributed by atoms with Crippen LogP contribution in [-0.2, 0) is 6.54 Å². The summed E-state index contributed by atoms with van der Waals surface area (Å²) in [6, 6.07) is 10.0. The van der Waals surface area contributed by atoms with E-state index in [4.69, 9.17) is 5.11 Å². The summed E-state index contributed by atoms with van der Waals surface area (Å²) in [5.41, 5.74) is 1.26. The van der Waals surface area contributed by atoms with E-state index in [9.17, 15) is 4.79 Å². The van der Waals surface area contributed by atoms with Crippen molar-refractivity contribution in [3.8, 4) is 0 Å². The number of carbonyl (C=O) groups excluding carboxylic acids is 1. The minimum absolute atomic E-state index is 0.0973. The predicted octanol–water partition coefficient (Wildman–Crippen LogP) is 0.800. The fourth-order valence-electron chi connectivity index (χ4n) is 1.68. The van der Waals surface area contributed by atoms with Crippen LogP contribution in [0, 0.1) is 0 Å². The quantitative estimate of drug-likeness (QED) is 0.609. The van der Waals surface area contributed by atoms with Gasteiger partial charge in [-0.15, -0.1) is 0 Å². The number of nitrogens with zero attached hydrogens (tertiary/aromatic N) is 1. The van der Waals surface area contributed by atoms with Crippen molar-refractivity contribution in [1.82, 2.24) is 15.5 Å². The Kier molecular flexibility index (Phi) is 7.62. The highest BCUT2D eigenvalue weighted by Crippen LogP contribution is 2.01. The van der Waals surface area contributed by atoms with Gasteiger partial charge in [0.15, 0.2) is 0 Å². The van der Waals surface area contributed by atoms with Crippen LogP contribution in [0.5, 0.6) is 0 Å². The Bertz CT molecular complexity index is 357. The van der Waals surface area contributed by atoms with Crippen LogP contribution in [0.15, 0.2) is 30.3 Å². The van der Waals surface area contributed by atoms with Crippen molar-refractivity contribution in [2.75, 3.05) is 33.3 Å². The fourth-order valence-corrected chi connectivity index (χ4v) is 1.68. The lowest BCUT2D eigenvalue weighted by atomic mass is 10.2. The van der Waals surface area contributed by atoms with E-state index < -0.39 is 0 Å². The summed E-state index contributed by atoms with van der Waals surface area (Å²) in [6.45, 7) is 2.87. The van der Waals surface area contributed by atoms with Gasteiger partial charge in [-0.1, -0.05) is 30.3 Å². The predicted molar refractivity (Wildman–Crippen MR) is 75.9 cm³/mol. The molecular formula is C14H23N3O2. The summed E-state index contributed by atoms with van der Waals surface area (Å²) in [6.07, 6.45) is 0.585. The van der Waals surface area contributed by atoms with E-state index in [0.29, 0.717) is 19.5 Å². The zero-order valence-electron chi connectivity index (χ0n) is 11.4. The Morgan fingerprint density at radius 3 is 2.58 bits per heavy atom. The molecule has 3 N–H and O–H groups in total. The average molecular weight is 265 g/mol. The molecule has 0 atom stereocenters. The van der Waals surface area contributed by atoms with Crippen LogP contribution < -0.4 is 10.6 Å². The molecule has 0 saturated carbocycles. The van der Waals surface area contributed by atoms with E-state index in [0.717, 1.165) is 13.1 Å². The molecule has 1 rings (SSSR count). The number of benzene rings is 1. The van der Waals surface area contributed by atoms with Gasteiger partial charge in [0.05, 0.1) is 0 Å². The van der Waals surface area contributed by atoms with Crippen LogP contribution in [0.4, 0.5) is 4.79 Å². The maximum atomic E-state index is 11.3. The summed E-state index contributed by atoms with van der Waals surface area (Å²) in [7, 11) is 2.03. The highest BCUT2D eigenvalue weighted by Gasteiger charge is 2.02. The molecule has 0 bridgehead atoms. The van der Waals surface area contributed by atoms with Crippen LogP contribution in [0.3, 0.4) is 0 Å². The lowest BCUT2D eigenvalue weighted by Gasteiger charge is -2.17. The first-order valence-corrected chi connectivity index (χ1v) is 6.57. The van der Waals surface area contributed by atoms with Crippen molar-refractivity contribution in [2.45, 2.75) is 13.0 Å². The van der Waals surface area contributed by atoms with Crippen molar-refractivity contribution in [3.63, 3.8) is 0 Å². The summed E-state index contributed by atoms with van der Waals surface area (Å²) in [5, 5.41) is 14.1. The molecule has 1 aromatic rings. The molecule has 0 radical (unpaired) electrons. The molecule has 19 heavy (non-hydrogen) atoms. The lowest BCUT2D eigenvalue weighted by Crippen LogP contribution is -2.40. The summed E-state index contributed by atoms with van der Waals surface area (Å²) < 4.78 is 0. The molecule has 0 aliphatic rings. The number of aliphatic hydroxyl groups is 1. The highest BCUT2D eigenvalue weighted by molar-refractivity contribution is 5.73. The Balaban J connectivity index is 2.10. The number of urea groups is 1. The van der Waals surface area contributed by atoms with Gasteiger partial charge >= 0.3 is 6.03 Å². The second kappa shape index (κ2) is 9.35. The number of likely N-dealkylation sites (N-methyl/N-ethyl adjacent to an activating group) is 1. The van der Waals surface area contributed by atoms with Crippen LogP contribution in [0.1, 0.15) is 12.0 Å². The molecule has 106 valence electrons. The van der Waals surface area contributed by atoms with Gasteiger partial charge in [0, 0.05) is 32.8 Å². The summed E-state index contributed by atoms with van der Waals surface area (Å²) >= 11 is 0. The normalized spacial score (nSPS) is 10.5. The summed E-state index contributed by atoms with van der Waals surface area (Å²) in [5.74, 6) is 0. The first-order valence-electron chi connectivity index (χ1n) is 6.57. The maximum Gasteiger partial charge on any atom is 0.314 e. The smallest absolute Gasteiger partial charge is 0.314 e. The molecule has 0 fully saturated rings. The van der Waals surface area contributed by atoms with Gasteiger partial charge in [0.25, 0.3) is 0 Å². The molecule has 0 heterocycles. The van der Waals surface area contributed by atoms with Gasteiger partial charge in [-0.2, -0.15) is 0 Å². The number of aliphatic hydroxyl groups excluding tert-OH is 1. The third-order valence-corrected chi connectivity index (χ3v) is 2.69. The third-order valence-electron chi connectivity index (χ3n) is 2.69. The standard InChI is InChI=1S/C14H23N3O2/c1-17(12-13-6-3-2-4-7-13)10-9-16-14(19)15-8-5-11-18/h2-4,6-7,18H,5,8-12H2,1H3,(H2,15,16,19). The van der Waals surface area contributed by atoms with Crippen molar-refractivity contribution in [3.05, 3.63) is 35.9 Å². The van der Waals surface area contributed by atoms with Crippen LogP contribution >= 0.6 is 0 Å². The molecule has 1 aromatic carbocycles. The summed E-state index contributed by atoms with van der Waals surface area (Å²) in [4.78, 5) is 13.5. The largest absolute Gasteiger partial charge is 0.396 e. The topological polar surface area (TPSA) is 64.6 Å². The SMILES string of the molecule is CN(CCNC(=O)NCCCO)Cc1ccccc1. The molecule has 5 nitrogen and oxygen atoms in total. The molecule has 0 spiro atoms. The van der Waals surface area contributed by atoms with Crippen LogP contribution in [-0.4, -0.2) is 49.3 Å². The highest BCUT2D eigenvalue weighted by atomic mass is 16.3. The van der Waals surface area contributed by atoms with E-state index >= 15 is 0 Å². The monoisotopic (exact) mass is 265 g/mol. The Hall–Kier alpha value is -1.59. The van der Waals surface area contributed by atoms with Crippen LogP contribution in [0.25, 0.3) is 0 Å². The van der Waals surface area contributed by atoms with E-state index in [-0.39, 0.29) is 12.6 Å². The average Bonchev–Trinajstić information content (AvgIpc) is 2.40. The lowest BCUT2D eigenvalue weighted by molar-refractivity contribution is 0.235. The number of rotatable bonds is 8. The zero-order chi connectivity index (χ0) is 13.9. The zero-order valence-corrected chi connectivity index (χ0v) is 11.4. The molecular weight excluding hydrogens is 242 g/mol. The second-order valence-electron chi connectivity index (χ2n) is 4.48. The molecule has 2 amide bonds. The maximum absolute atomic E-state index is 11.3. The van der Waals surface area contributed by atoms with Crippen molar-refractivity contribution >= 4 is 6.03 Å². The van der Waals surface area contributed by atoms with Crippen molar-refractivity contribution in [2.24, 2.45) is 0 Å². The Labute approximate surface area is 114 Å². The molecule has 0 aromatic heterocycles. The minimum Gasteiger partial charge on any atom is -0.396 e. The molecule has 0 unspecified atom stereocenters. The van der Waals surface area contributed by atoms with E-state index in [1.807, 2.05) is 25.2 Å². The first kappa shape index (κ1) is 15.5. The van der Waals surface area contributed by atoms with E-state index in [1.165, 1.54) is 5.56 Å². The molecule has 0 aliphatic heterocycles. The third kappa shape index (κ3) is 7.43. The van der Waals surface area contributed by atoms with Gasteiger partial charge < -0.3 is 20.6 Å². The Morgan fingerprint density at radius 1 is 1.21 bits per heavy atom. The van der Waals surface area contributed by atoms with Crippen molar-refractivity contribution < 1.29 is 9.90 Å². The number of hydrogen-bond acceptors (Lipinski definition) is 3. The Morgan fingerprint density at radius 2 is 1.89 bits per heavy atom. The van der Waals surface area contributed by atoms with Gasteiger partial charge in [-0.3, -0.25) is 0 Å². The number of hydrogen-bond donors (Lipinski definition) is 3.